The van der Waals surface area contributed by atoms with E-state index in [1.165, 1.54) is 5.69 Å². The minimum absolute atomic E-state index is 0.0212. The number of rotatable bonds is 4. The Morgan fingerprint density at radius 3 is 2.75 bits per heavy atom. The molecule has 0 atom stereocenters. The fourth-order valence-corrected chi connectivity index (χ4v) is 1.26. The molecule has 0 saturated carbocycles. The van der Waals surface area contributed by atoms with E-state index in [1.807, 2.05) is 12.3 Å². The van der Waals surface area contributed by atoms with Gasteiger partial charge in [-0.15, -0.1) is 0 Å². The molecule has 1 aromatic rings. The summed E-state index contributed by atoms with van der Waals surface area (Å²) in [6.07, 6.45) is 5.30. The number of aromatic nitrogens is 1. The summed E-state index contributed by atoms with van der Waals surface area (Å²) >= 11 is 0. The maximum Gasteiger partial charge on any atom is 0.0147 e. The van der Waals surface area contributed by atoms with Gasteiger partial charge in [-0.3, -0.25) is 0 Å². The van der Waals surface area contributed by atoms with Crippen molar-refractivity contribution < 1.29 is 0 Å². The first-order chi connectivity index (χ1) is 5.58. The highest BCUT2D eigenvalue weighted by Gasteiger charge is 2.09. The van der Waals surface area contributed by atoms with Gasteiger partial charge in [-0.2, -0.15) is 0 Å². The lowest BCUT2D eigenvalue weighted by atomic mass is 9.98. The van der Waals surface area contributed by atoms with Crippen LogP contribution in [0.5, 0.6) is 0 Å². The summed E-state index contributed by atoms with van der Waals surface area (Å²) in [7, 11) is 0. The molecule has 68 valence electrons. The van der Waals surface area contributed by atoms with Gasteiger partial charge in [0.15, 0.2) is 0 Å². The molecule has 2 nitrogen and oxygen atoms in total. The van der Waals surface area contributed by atoms with E-state index in [0.29, 0.717) is 0 Å². The van der Waals surface area contributed by atoms with Crippen LogP contribution in [0.1, 0.15) is 32.4 Å². The highest BCUT2D eigenvalue weighted by Crippen LogP contribution is 2.10. The van der Waals surface area contributed by atoms with Gasteiger partial charge in [-0.25, -0.2) is 0 Å². The number of hydrogen-bond acceptors (Lipinski definition) is 1. The van der Waals surface area contributed by atoms with Crippen LogP contribution < -0.4 is 5.73 Å². The smallest absolute Gasteiger partial charge is 0.0147 e. The van der Waals surface area contributed by atoms with Gasteiger partial charge in [0.2, 0.25) is 0 Å². The van der Waals surface area contributed by atoms with E-state index in [1.54, 1.807) is 0 Å². The van der Waals surface area contributed by atoms with Gasteiger partial charge in [0, 0.05) is 17.4 Å². The topological polar surface area (TPSA) is 41.8 Å². The number of nitrogens with one attached hydrogen (secondary N) is 1. The fraction of sp³-hybridized carbons (Fsp3) is 0.600. The molecule has 0 aromatic carbocycles. The Morgan fingerprint density at radius 2 is 2.25 bits per heavy atom. The molecule has 1 aromatic heterocycles. The minimum atomic E-state index is -0.0212. The lowest BCUT2D eigenvalue weighted by Gasteiger charge is -2.17. The molecule has 1 heterocycles. The monoisotopic (exact) mass is 166 g/mol. The maximum atomic E-state index is 5.86. The molecule has 0 aliphatic heterocycles. The van der Waals surface area contributed by atoms with E-state index in [0.717, 1.165) is 19.3 Å². The van der Waals surface area contributed by atoms with Crippen molar-refractivity contribution in [2.24, 2.45) is 5.73 Å². The second kappa shape index (κ2) is 3.76. The molecule has 0 bridgehead atoms. The van der Waals surface area contributed by atoms with E-state index in [-0.39, 0.29) is 5.54 Å². The maximum absolute atomic E-state index is 5.86. The molecule has 2 heteroatoms. The predicted octanol–water partition coefficient (Wildman–Crippen LogP) is 2.07. The molecule has 0 radical (unpaired) electrons. The second-order valence-corrected chi connectivity index (χ2v) is 4.04. The van der Waals surface area contributed by atoms with E-state index in [2.05, 4.69) is 24.9 Å². The number of nitrogens with two attached hydrogens (primary N) is 1. The van der Waals surface area contributed by atoms with Gasteiger partial charge in [-0.1, -0.05) is 0 Å². The third kappa shape index (κ3) is 3.58. The molecular formula is C10H18N2. The van der Waals surface area contributed by atoms with Gasteiger partial charge >= 0.3 is 0 Å². The molecule has 12 heavy (non-hydrogen) atoms. The summed E-state index contributed by atoms with van der Waals surface area (Å²) in [6.45, 7) is 4.14. The van der Waals surface area contributed by atoms with Gasteiger partial charge in [0.25, 0.3) is 0 Å². The molecule has 1 rings (SSSR count). The van der Waals surface area contributed by atoms with Crippen LogP contribution in [0.15, 0.2) is 18.3 Å². The zero-order valence-electron chi connectivity index (χ0n) is 7.93. The fourth-order valence-electron chi connectivity index (χ4n) is 1.26. The lowest BCUT2D eigenvalue weighted by molar-refractivity contribution is 0.458. The molecule has 0 unspecified atom stereocenters. The van der Waals surface area contributed by atoms with Crippen molar-refractivity contribution in [1.82, 2.24) is 4.98 Å². The summed E-state index contributed by atoms with van der Waals surface area (Å²) in [5, 5.41) is 0. The normalized spacial score (nSPS) is 11.9. The third-order valence-electron chi connectivity index (χ3n) is 1.93. The van der Waals surface area contributed by atoms with E-state index >= 15 is 0 Å². The van der Waals surface area contributed by atoms with Crippen molar-refractivity contribution in [1.29, 1.82) is 0 Å². The summed E-state index contributed by atoms with van der Waals surface area (Å²) in [5.74, 6) is 0. The zero-order valence-corrected chi connectivity index (χ0v) is 7.93. The molecule has 0 saturated heterocycles. The molecule has 3 N–H and O–H groups in total. The second-order valence-electron chi connectivity index (χ2n) is 4.04. The SMILES string of the molecule is CC(C)(N)CCCc1ccc[nH]1. The Hall–Kier alpha value is -0.760. The summed E-state index contributed by atoms with van der Waals surface area (Å²) in [4.78, 5) is 3.18. The van der Waals surface area contributed by atoms with Crippen LogP contribution in [-0.4, -0.2) is 10.5 Å². The number of aromatic amines is 1. The van der Waals surface area contributed by atoms with Crippen LogP contribution in [0, 0.1) is 0 Å². The van der Waals surface area contributed by atoms with Crippen molar-refractivity contribution in [3.05, 3.63) is 24.0 Å². The van der Waals surface area contributed by atoms with Gasteiger partial charge in [0.1, 0.15) is 0 Å². The number of aryl methyl sites for hydroxylation is 1. The molecule has 0 spiro atoms. The van der Waals surface area contributed by atoms with Gasteiger partial charge < -0.3 is 10.7 Å². The van der Waals surface area contributed by atoms with E-state index < -0.39 is 0 Å². The van der Waals surface area contributed by atoms with E-state index in [4.69, 9.17) is 5.73 Å². The van der Waals surface area contributed by atoms with Crippen LogP contribution in [0.4, 0.5) is 0 Å². The summed E-state index contributed by atoms with van der Waals surface area (Å²) in [5.41, 5.74) is 7.15. The average Bonchev–Trinajstić information content (AvgIpc) is 2.36. The van der Waals surface area contributed by atoms with Crippen LogP contribution in [-0.2, 0) is 6.42 Å². The van der Waals surface area contributed by atoms with Crippen molar-refractivity contribution in [3.63, 3.8) is 0 Å². The minimum Gasteiger partial charge on any atom is -0.365 e. The third-order valence-corrected chi connectivity index (χ3v) is 1.93. The highest BCUT2D eigenvalue weighted by molar-refractivity contribution is 5.03. The quantitative estimate of drug-likeness (QED) is 0.706. The Labute approximate surface area is 74.2 Å². The van der Waals surface area contributed by atoms with Crippen molar-refractivity contribution in [2.45, 2.75) is 38.6 Å². The summed E-state index contributed by atoms with van der Waals surface area (Å²) < 4.78 is 0. The van der Waals surface area contributed by atoms with Crippen molar-refractivity contribution in [3.8, 4) is 0 Å². The Morgan fingerprint density at radius 1 is 1.50 bits per heavy atom. The van der Waals surface area contributed by atoms with Crippen molar-refractivity contribution >= 4 is 0 Å². The van der Waals surface area contributed by atoms with Crippen molar-refractivity contribution in [2.75, 3.05) is 0 Å². The largest absolute Gasteiger partial charge is 0.365 e. The van der Waals surface area contributed by atoms with Gasteiger partial charge in [0.05, 0.1) is 0 Å². The number of hydrogen-bond donors (Lipinski definition) is 2. The van der Waals surface area contributed by atoms with Crippen LogP contribution >= 0.6 is 0 Å². The molecule has 0 aliphatic rings. The first-order valence-corrected chi connectivity index (χ1v) is 4.49. The Bertz CT molecular complexity index is 206. The van der Waals surface area contributed by atoms with E-state index in [9.17, 15) is 0 Å². The standard InChI is InChI=1S/C10H18N2/c1-10(2,11)7-3-5-9-6-4-8-12-9/h4,6,8,12H,3,5,7,11H2,1-2H3. The predicted molar refractivity (Wildman–Crippen MR) is 52.0 cm³/mol. The number of H-pyrrole nitrogens is 1. The first kappa shape index (κ1) is 9.33. The Balaban J connectivity index is 2.20. The van der Waals surface area contributed by atoms with Crippen LogP contribution in [0.25, 0.3) is 0 Å². The molecule has 0 aliphatic carbocycles. The summed E-state index contributed by atoms with van der Waals surface area (Å²) in [6, 6.07) is 4.15. The lowest BCUT2D eigenvalue weighted by Crippen LogP contribution is -2.31. The Kier molecular flexibility index (Phi) is 2.93. The highest BCUT2D eigenvalue weighted by atomic mass is 14.7. The van der Waals surface area contributed by atoms with Crippen LogP contribution in [0.3, 0.4) is 0 Å². The first-order valence-electron chi connectivity index (χ1n) is 4.49. The molecule has 0 fully saturated rings. The molecular weight excluding hydrogens is 148 g/mol. The van der Waals surface area contributed by atoms with Gasteiger partial charge in [-0.05, 0) is 45.2 Å². The van der Waals surface area contributed by atoms with Crippen LogP contribution in [0.2, 0.25) is 0 Å². The zero-order chi connectivity index (χ0) is 9.03. The molecule has 0 amide bonds. The average molecular weight is 166 g/mol.